The standard InChI is InChI=1S/C26H16Cl2FNO4S/c1-34-20-9-7-14(11-18(20)28)30-23(13-6-8-17(27)19(29)10-13)22(25(32)26(30)33)24(31)16-12-35-21-5-3-2-4-15(16)21/h2-12,23,32H,1H3. The van der Waals surface area contributed by atoms with Crippen molar-refractivity contribution in [1.29, 1.82) is 0 Å². The van der Waals surface area contributed by atoms with Crippen LogP contribution in [0.1, 0.15) is 22.0 Å². The van der Waals surface area contributed by atoms with Crippen LogP contribution in [0.15, 0.2) is 77.4 Å². The first-order valence-electron chi connectivity index (χ1n) is 10.4. The van der Waals surface area contributed by atoms with E-state index in [1.54, 1.807) is 29.6 Å². The number of nitrogens with zero attached hydrogens (tertiary/aromatic N) is 1. The van der Waals surface area contributed by atoms with Crippen molar-refractivity contribution in [3.8, 4) is 5.75 Å². The molecule has 0 saturated heterocycles. The van der Waals surface area contributed by atoms with Gasteiger partial charge in [-0.2, -0.15) is 0 Å². The number of ketones is 1. The number of halogens is 3. The van der Waals surface area contributed by atoms with E-state index in [1.807, 2.05) is 12.1 Å². The molecule has 2 heterocycles. The van der Waals surface area contributed by atoms with Gasteiger partial charge >= 0.3 is 0 Å². The highest BCUT2D eigenvalue weighted by Crippen LogP contribution is 2.44. The highest BCUT2D eigenvalue weighted by molar-refractivity contribution is 7.17. The lowest BCUT2D eigenvalue weighted by molar-refractivity contribution is -0.117. The zero-order chi connectivity index (χ0) is 24.9. The molecule has 0 bridgehead atoms. The largest absolute Gasteiger partial charge is 0.503 e. The van der Waals surface area contributed by atoms with Crippen LogP contribution >= 0.6 is 34.5 Å². The summed E-state index contributed by atoms with van der Waals surface area (Å²) in [6.07, 6.45) is 0. The Balaban J connectivity index is 1.70. The van der Waals surface area contributed by atoms with Crippen molar-refractivity contribution >= 4 is 62.0 Å². The van der Waals surface area contributed by atoms with Gasteiger partial charge in [0.15, 0.2) is 11.5 Å². The minimum atomic E-state index is -1.12. The van der Waals surface area contributed by atoms with Crippen LogP contribution in [-0.2, 0) is 4.79 Å². The number of amides is 1. The molecule has 0 radical (unpaired) electrons. The number of thiophene rings is 1. The summed E-state index contributed by atoms with van der Waals surface area (Å²) in [5.41, 5.74) is 0.742. The van der Waals surface area contributed by atoms with Crippen LogP contribution in [0.25, 0.3) is 10.1 Å². The Bertz CT molecular complexity index is 1550. The molecule has 3 aromatic carbocycles. The van der Waals surface area contributed by atoms with E-state index in [2.05, 4.69) is 0 Å². The number of carbonyl (C=O) groups excluding carboxylic acids is 2. The van der Waals surface area contributed by atoms with Crippen molar-refractivity contribution in [2.24, 2.45) is 0 Å². The molecule has 1 unspecified atom stereocenters. The van der Waals surface area contributed by atoms with Gasteiger partial charge in [-0.15, -0.1) is 11.3 Å². The van der Waals surface area contributed by atoms with Gasteiger partial charge in [0.1, 0.15) is 11.6 Å². The van der Waals surface area contributed by atoms with E-state index < -0.39 is 29.3 Å². The van der Waals surface area contributed by atoms with Gasteiger partial charge in [0.25, 0.3) is 5.91 Å². The molecule has 0 aliphatic carbocycles. The topological polar surface area (TPSA) is 66.8 Å². The summed E-state index contributed by atoms with van der Waals surface area (Å²) in [5, 5.41) is 13.4. The van der Waals surface area contributed by atoms with Gasteiger partial charge < -0.3 is 9.84 Å². The fraction of sp³-hybridized carbons (Fsp3) is 0.0769. The molecule has 1 N–H and O–H groups in total. The average Bonchev–Trinajstić information content (AvgIpc) is 3.39. The summed E-state index contributed by atoms with van der Waals surface area (Å²) in [6.45, 7) is 0. The number of aliphatic hydroxyl groups is 1. The smallest absolute Gasteiger partial charge is 0.294 e. The number of anilines is 1. The van der Waals surface area contributed by atoms with Crippen LogP contribution in [0.2, 0.25) is 10.0 Å². The fourth-order valence-corrected chi connectivity index (χ4v) is 5.52. The van der Waals surface area contributed by atoms with Gasteiger partial charge in [-0.25, -0.2) is 4.39 Å². The van der Waals surface area contributed by atoms with Crippen LogP contribution in [0, 0.1) is 5.82 Å². The summed E-state index contributed by atoms with van der Waals surface area (Å²) in [6, 6.07) is 14.8. The van der Waals surface area contributed by atoms with Gasteiger partial charge in [-0.05, 0) is 42.0 Å². The Morgan fingerprint density at radius 2 is 1.86 bits per heavy atom. The predicted molar refractivity (Wildman–Crippen MR) is 135 cm³/mol. The Hall–Kier alpha value is -3.39. The maximum absolute atomic E-state index is 14.5. The van der Waals surface area contributed by atoms with Gasteiger partial charge in [0, 0.05) is 26.7 Å². The van der Waals surface area contributed by atoms with Crippen molar-refractivity contribution in [3.05, 3.63) is 104 Å². The first-order valence-corrected chi connectivity index (χ1v) is 12.0. The van der Waals surface area contributed by atoms with E-state index in [-0.39, 0.29) is 21.2 Å². The van der Waals surface area contributed by atoms with E-state index in [9.17, 15) is 19.1 Å². The average molecular weight is 528 g/mol. The van der Waals surface area contributed by atoms with Gasteiger partial charge in [-0.3, -0.25) is 14.5 Å². The second kappa shape index (κ2) is 9.00. The summed E-state index contributed by atoms with van der Waals surface area (Å²) >= 11 is 13.6. The van der Waals surface area contributed by atoms with Crippen LogP contribution in [0.3, 0.4) is 0 Å². The van der Waals surface area contributed by atoms with Crippen LogP contribution in [0.5, 0.6) is 5.75 Å². The molecule has 0 saturated carbocycles. The number of aliphatic hydroxyl groups excluding tert-OH is 1. The number of hydrogen-bond acceptors (Lipinski definition) is 5. The molecule has 1 aliphatic heterocycles. The zero-order valence-corrected chi connectivity index (χ0v) is 20.4. The first kappa shape index (κ1) is 23.4. The Kier molecular flexibility index (Phi) is 6.01. The highest BCUT2D eigenvalue weighted by atomic mass is 35.5. The van der Waals surface area contributed by atoms with Crippen LogP contribution in [0.4, 0.5) is 10.1 Å². The second-order valence-electron chi connectivity index (χ2n) is 7.81. The van der Waals surface area contributed by atoms with Gasteiger partial charge in [0.05, 0.1) is 28.8 Å². The molecule has 1 atom stereocenters. The monoisotopic (exact) mass is 527 g/mol. The molecule has 35 heavy (non-hydrogen) atoms. The number of fused-ring (bicyclic) bond motifs is 1. The number of ether oxygens (including phenoxy) is 1. The normalized spacial score (nSPS) is 15.8. The third kappa shape index (κ3) is 3.86. The van der Waals surface area contributed by atoms with Crippen molar-refractivity contribution in [1.82, 2.24) is 0 Å². The molecule has 9 heteroatoms. The number of hydrogen-bond donors (Lipinski definition) is 1. The number of methoxy groups -OCH3 is 1. The second-order valence-corrected chi connectivity index (χ2v) is 9.53. The van der Waals surface area contributed by atoms with E-state index >= 15 is 0 Å². The maximum Gasteiger partial charge on any atom is 0.294 e. The lowest BCUT2D eigenvalue weighted by Gasteiger charge is -2.27. The van der Waals surface area contributed by atoms with Crippen LogP contribution < -0.4 is 9.64 Å². The molecule has 176 valence electrons. The van der Waals surface area contributed by atoms with Gasteiger partial charge in [-0.1, -0.05) is 47.5 Å². The lowest BCUT2D eigenvalue weighted by atomic mass is 9.92. The Morgan fingerprint density at radius 3 is 2.57 bits per heavy atom. The van der Waals surface area contributed by atoms with E-state index in [0.717, 1.165) is 10.8 Å². The minimum absolute atomic E-state index is 0.109. The Morgan fingerprint density at radius 1 is 1.09 bits per heavy atom. The van der Waals surface area contributed by atoms with E-state index in [0.29, 0.717) is 22.4 Å². The van der Waals surface area contributed by atoms with E-state index in [1.165, 1.54) is 41.5 Å². The first-order chi connectivity index (χ1) is 16.8. The summed E-state index contributed by atoms with van der Waals surface area (Å²) in [4.78, 5) is 28.3. The minimum Gasteiger partial charge on any atom is -0.503 e. The molecule has 5 nitrogen and oxygen atoms in total. The van der Waals surface area contributed by atoms with Crippen molar-refractivity contribution < 1.29 is 23.8 Å². The number of carbonyl (C=O) groups is 2. The lowest BCUT2D eigenvalue weighted by Crippen LogP contribution is -2.31. The summed E-state index contributed by atoms with van der Waals surface area (Å²) < 4.78 is 20.6. The third-order valence-corrected chi connectivity index (χ3v) is 7.42. The summed E-state index contributed by atoms with van der Waals surface area (Å²) in [7, 11) is 1.45. The third-order valence-electron chi connectivity index (χ3n) is 5.85. The van der Waals surface area contributed by atoms with Crippen LogP contribution in [-0.4, -0.2) is 23.9 Å². The van der Waals surface area contributed by atoms with Crippen molar-refractivity contribution in [3.63, 3.8) is 0 Å². The molecular weight excluding hydrogens is 512 g/mol. The van der Waals surface area contributed by atoms with E-state index in [4.69, 9.17) is 27.9 Å². The number of rotatable bonds is 5. The molecular formula is C26H16Cl2FNO4S. The highest BCUT2D eigenvalue weighted by Gasteiger charge is 2.45. The molecule has 1 aliphatic rings. The molecule has 0 fully saturated rings. The molecule has 1 aromatic heterocycles. The van der Waals surface area contributed by atoms with Crippen molar-refractivity contribution in [2.45, 2.75) is 6.04 Å². The number of Topliss-reactive ketones (excluding diaryl/α,β-unsaturated/α-hetero) is 1. The fourth-order valence-electron chi connectivity index (χ4n) is 4.21. The molecule has 5 rings (SSSR count). The maximum atomic E-state index is 14.5. The SMILES string of the molecule is COc1ccc(N2C(=O)C(O)=C(C(=O)c3csc4ccccc34)C2c2ccc(Cl)c(F)c2)cc1Cl. The quantitative estimate of drug-likeness (QED) is 0.280. The molecule has 1 amide bonds. The number of benzene rings is 3. The summed E-state index contributed by atoms with van der Waals surface area (Å²) in [5.74, 6) is -2.39. The van der Waals surface area contributed by atoms with Crippen molar-refractivity contribution in [2.75, 3.05) is 12.0 Å². The Labute approximate surface area is 213 Å². The zero-order valence-electron chi connectivity index (χ0n) is 18.1. The molecule has 0 spiro atoms. The molecule has 4 aromatic rings. The van der Waals surface area contributed by atoms with Gasteiger partial charge in [0.2, 0.25) is 0 Å². The predicted octanol–water partition coefficient (Wildman–Crippen LogP) is 7.14.